The maximum atomic E-state index is 6.31. The van der Waals surface area contributed by atoms with Crippen molar-refractivity contribution in [2.24, 2.45) is 0 Å². The van der Waals surface area contributed by atoms with Crippen molar-refractivity contribution in [3.63, 3.8) is 0 Å². The van der Waals surface area contributed by atoms with Crippen LogP contribution in [0.15, 0.2) is 60.8 Å². The fraction of sp³-hybridized carbons (Fsp3) is 0.182. The zero-order valence-electron chi connectivity index (χ0n) is 15.7. The van der Waals surface area contributed by atoms with E-state index in [-0.39, 0.29) is 0 Å². The van der Waals surface area contributed by atoms with Gasteiger partial charge in [-0.2, -0.15) is 0 Å². The number of aromatic nitrogens is 3. The van der Waals surface area contributed by atoms with Crippen LogP contribution in [0.2, 0.25) is 0 Å². The molecule has 3 heterocycles. The summed E-state index contributed by atoms with van der Waals surface area (Å²) in [6.45, 7) is 3.26. The van der Waals surface area contributed by atoms with Gasteiger partial charge in [-0.05, 0) is 41.1 Å². The first-order valence-electron chi connectivity index (χ1n) is 9.56. The number of ether oxygens (including phenoxy) is 1. The second-order valence-electron chi connectivity index (χ2n) is 6.95. The Balaban J connectivity index is 1.79. The molecule has 2 aliphatic heterocycles. The number of aromatic amines is 1. The van der Waals surface area contributed by atoms with Crippen LogP contribution in [0.1, 0.15) is 5.82 Å². The second-order valence-corrected chi connectivity index (χ2v) is 7.36. The Morgan fingerprint density at radius 3 is 2.69 bits per heavy atom. The molecule has 0 radical (unpaired) electrons. The van der Waals surface area contributed by atoms with E-state index in [4.69, 9.17) is 21.3 Å². The first kappa shape index (κ1) is 18.0. The van der Waals surface area contributed by atoms with E-state index in [1.807, 2.05) is 24.3 Å². The van der Waals surface area contributed by atoms with Gasteiger partial charge in [0.2, 0.25) is 5.95 Å². The van der Waals surface area contributed by atoms with E-state index in [9.17, 15) is 0 Å². The topological polar surface area (TPSA) is 66.1 Å². The summed E-state index contributed by atoms with van der Waals surface area (Å²) in [7, 11) is 0. The highest BCUT2D eigenvalue weighted by molar-refractivity contribution is 6.48. The van der Waals surface area contributed by atoms with E-state index in [0.29, 0.717) is 16.8 Å². The highest BCUT2D eigenvalue weighted by atomic mass is 35.5. The van der Waals surface area contributed by atoms with Crippen LogP contribution in [-0.2, 0) is 4.74 Å². The Morgan fingerprint density at radius 2 is 1.79 bits per heavy atom. The van der Waals surface area contributed by atoms with Crippen LogP contribution in [0.25, 0.3) is 26.8 Å². The molecule has 6 bridgehead atoms. The van der Waals surface area contributed by atoms with Crippen LogP contribution >= 0.6 is 11.6 Å². The third-order valence-electron chi connectivity index (χ3n) is 4.97. The Bertz CT molecular complexity index is 1200. The number of hydrogen-bond donors (Lipinski definition) is 2. The fourth-order valence-electron chi connectivity index (χ4n) is 3.53. The zero-order chi connectivity index (χ0) is 19.6. The summed E-state index contributed by atoms with van der Waals surface area (Å²) in [4.78, 5) is 14.9. The molecule has 1 fully saturated rings. The Morgan fingerprint density at radius 1 is 0.931 bits per heavy atom. The smallest absolute Gasteiger partial charge is 0.206 e. The van der Waals surface area contributed by atoms with Gasteiger partial charge >= 0.3 is 0 Å². The quantitative estimate of drug-likeness (QED) is 0.619. The Kier molecular flexibility index (Phi) is 4.79. The third kappa shape index (κ3) is 3.90. The van der Waals surface area contributed by atoms with E-state index in [1.54, 1.807) is 6.20 Å². The lowest BCUT2D eigenvalue weighted by molar-refractivity contribution is 0.123. The Labute approximate surface area is 173 Å². The number of halogens is 1. The van der Waals surface area contributed by atoms with Crippen molar-refractivity contribution in [1.29, 1.82) is 0 Å². The molecule has 6 nitrogen and oxygen atoms in total. The molecule has 1 aromatic heterocycles. The van der Waals surface area contributed by atoms with Gasteiger partial charge in [0.25, 0.3) is 0 Å². The van der Waals surface area contributed by atoms with Crippen LogP contribution in [0, 0.1) is 0 Å². The fourth-order valence-corrected chi connectivity index (χ4v) is 3.67. The summed E-state index contributed by atoms with van der Waals surface area (Å²) in [6.07, 6.45) is 1.69. The molecule has 7 heteroatoms. The summed E-state index contributed by atoms with van der Waals surface area (Å²) in [5.74, 6) is 1.15. The number of hydrogen-bond acceptors (Lipinski definition) is 5. The molecular formula is C22H20ClN5O. The third-order valence-corrected chi connectivity index (χ3v) is 5.26. The molecule has 2 N–H and O–H groups in total. The lowest BCUT2D eigenvalue weighted by atomic mass is 10.1. The molecule has 5 rings (SSSR count). The predicted molar refractivity (Wildman–Crippen MR) is 118 cm³/mol. The standard InChI is InChI=1S/C22H20ClN5O/c23-19-14-24-22-26-18-6-7-20(28-8-10-29-11-9-28)16(13-18)5-4-15-2-1-3-17(12-15)25-21(19)27-22/h1-7,12-14H,8-11H2,(H2,24,25,26,27). The maximum Gasteiger partial charge on any atom is 0.206 e. The molecule has 3 aromatic rings. The van der Waals surface area contributed by atoms with Crippen molar-refractivity contribution < 1.29 is 4.74 Å². The molecule has 0 amide bonds. The van der Waals surface area contributed by atoms with Crippen molar-refractivity contribution in [2.45, 2.75) is 0 Å². The highest BCUT2D eigenvalue weighted by Crippen LogP contribution is 2.25. The van der Waals surface area contributed by atoms with Crippen LogP contribution in [-0.4, -0.2) is 41.3 Å². The number of benzene rings is 2. The van der Waals surface area contributed by atoms with Crippen LogP contribution < -0.4 is 10.2 Å². The number of morpholine rings is 1. The van der Waals surface area contributed by atoms with Crippen molar-refractivity contribution in [3.8, 4) is 0 Å². The van der Waals surface area contributed by atoms with E-state index in [2.05, 4.69) is 50.5 Å². The summed E-state index contributed by atoms with van der Waals surface area (Å²) in [5.41, 5.74) is 2.85. The first-order chi connectivity index (χ1) is 14.2. The molecule has 2 aliphatic rings. The number of fused-ring (bicyclic) bond motifs is 6. The SMILES string of the molecule is ClC1=CNc2nc3ccc(N4CCOCC4)c(ccc4cccc(c4)nc1[nH]2)c3. The average molecular weight is 406 g/mol. The molecular weight excluding hydrogens is 386 g/mol. The van der Waals surface area contributed by atoms with Gasteiger partial charge in [-0.15, -0.1) is 0 Å². The lowest BCUT2D eigenvalue weighted by Crippen LogP contribution is -2.36. The normalized spacial score (nSPS) is 15.5. The minimum absolute atomic E-state index is 0.503. The number of nitrogens with zero attached hydrogens (tertiary/aromatic N) is 3. The minimum Gasteiger partial charge on any atom is -0.378 e. The predicted octanol–water partition coefficient (Wildman–Crippen LogP) is 4.60. The Hall–Kier alpha value is -3.09. The van der Waals surface area contributed by atoms with Gasteiger partial charge in [0.1, 0.15) is 0 Å². The lowest BCUT2D eigenvalue weighted by Gasteiger charge is -2.29. The van der Waals surface area contributed by atoms with Crippen molar-refractivity contribution >= 4 is 50.1 Å². The molecule has 146 valence electrons. The van der Waals surface area contributed by atoms with Crippen LogP contribution in [0.3, 0.4) is 0 Å². The molecule has 29 heavy (non-hydrogen) atoms. The van der Waals surface area contributed by atoms with E-state index in [1.165, 1.54) is 5.69 Å². The zero-order valence-corrected chi connectivity index (χ0v) is 16.5. The van der Waals surface area contributed by atoms with E-state index >= 15 is 0 Å². The van der Waals surface area contributed by atoms with Gasteiger partial charge in [-0.3, -0.25) is 0 Å². The molecule has 0 unspecified atom stereocenters. The van der Waals surface area contributed by atoms with Gasteiger partial charge in [-0.25, -0.2) is 9.97 Å². The monoisotopic (exact) mass is 405 g/mol. The summed E-state index contributed by atoms with van der Waals surface area (Å²) in [5, 5.41) is 5.77. The minimum atomic E-state index is 0.503. The van der Waals surface area contributed by atoms with Crippen molar-refractivity contribution in [1.82, 2.24) is 15.0 Å². The summed E-state index contributed by atoms with van der Waals surface area (Å²) >= 11 is 6.31. The second kappa shape index (κ2) is 7.73. The van der Waals surface area contributed by atoms with E-state index < -0.39 is 0 Å². The van der Waals surface area contributed by atoms with Crippen molar-refractivity contribution in [2.75, 3.05) is 36.5 Å². The molecule has 2 aromatic carbocycles. The highest BCUT2D eigenvalue weighted by Gasteiger charge is 2.13. The van der Waals surface area contributed by atoms with Gasteiger partial charge in [0, 0.05) is 25.0 Å². The molecule has 0 atom stereocenters. The van der Waals surface area contributed by atoms with Gasteiger partial charge in [0.15, 0.2) is 5.82 Å². The first-order valence-corrected chi connectivity index (χ1v) is 9.94. The largest absolute Gasteiger partial charge is 0.378 e. The van der Waals surface area contributed by atoms with Gasteiger partial charge in [-0.1, -0.05) is 35.9 Å². The molecule has 0 saturated carbocycles. The molecule has 0 spiro atoms. The van der Waals surface area contributed by atoms with Crippen LogP contribution in [0.4, 0.5) is 11.6 Å². The van der Waals surface area contributed by atoms with Crippen molar-refractivity contribution in [3.05, 3.63) is 66.6 Å². The number of H-pyrrole nitrogens is 1. The van der Waals surface area contributed by atoms with E-state index in [0.717, 1.165) is 48.1 Å². The maximum absolute atomic E-state index is 6.31. The summed E-state index contributed by atoms with van der Waals surface area (Å²) < 4.78 is 5.51. The van der Waals surface area contributed by atoms with Crippen LogP contribution in [0.5, 0.6) is 0 Å². The number of nitrogens with one attached hydrogen (secondary N) is 2. The molecule has 0 aliphatic carbocycles. The average Bonchev–Trinajstić information content (AvgIpc) is 2.76. The summed E-state index contributed by atoms with van der Waals surface area (Å²) in [6, 6.07) is 18.5. The van der Waals surface area contributed by atoms with Gasteiger partial charge in [0.05, 0.1) is 29.3 Å². The number of anilines is 2. The molecule has 1 saturated heterocycles. The number of rotatable bonds is 1. The van der Waals surface area contributed by atoms with Gasteiger partial charge < -0.3 is 19.9 Å².